The maximum atomic E-state index is 12.2. The van der Waals surface area contributed by atoms with Crippen LogP contribution in [0.3, 0.4) is 0 Å². The number of nitrogens with two attached hydrogens (primary N) is 1. The molecule has 1 nitrogen and oxygen atoms in total. The molecule has 1 unspecified atom stereocenters. The Balaban J connectivity index is 3.01. The first-order valence-electron chi connectivity index (χ1n) is 3.72. The first kappa shape index (κ1) is 9.49. The fraction of sp³-hybridized carbons (Fsp3) is 0.333. The highest BCUT2D eigenvalue weighted by atomic mass is 35.5. The van der Waals surface area contributed by atoms with Crippen LogP contribution in [0.25, 0.3) is 0 Å². The Morgan fingerprint density at radius 3 is 2.75 bits per heavy atom. The molecular weight excluding hydrogens is 177 g/mol. The van der Waals surface area contributed by atoms with Gasteiger partial charge < -0.3 is 5.73 Å². The van der Waals surface area contributed by atoms with E-state index in [2.05, 4.69) is 0 Å². The predicted molar refractivity (Wildman–Crippen MR) is 49.1 cm³/mol. The summed E-state index contributed by atoms with van der Waals surface area (Å²) in [5, 5.41) is 0.655. The molecule has 0 fully saturated rings. The third-order valence-electron chi connectivity index (χ3n) is 1.80. The summed E-state index contributed by atoms with van der Waals surface area (Å²) in [6, 6.07) is 4.75. The summed E-state index contributed by atoms with van der Waals surface area (Å²) in [7, 11) is 0. The van der Waals surface area contributed by atoms with Gasteiger partial charge in [0.05, 0.1) is 6.04 Å². The summed E-state index contributed by atoms with van der Waals surface area (Å²) in [5.74, 6) is 0. The van der Waals surface area contributed by atoms with E-state index in [0.29, 0.717) is 5.02 Å². The van der Waals surface area contributed by atoms with Crippen LogP contribution in [0.5, 0.6) is 0 Å². The highest BCUT2D eigenvalue weighted by molar-refractivity contribution is 6.30. The van der Waals surface area contributed by atoms with E-state index in [1.807, 2.05) is 6.92 Å². The van der Waals surface area contributed by atoms with Gasteiger partial charge in [0.2, 0.25) is 0 Å². The van der Waals surface area contributed by atoms with Crippen molar-refractivity contribution in [1.29, 1.82) is 0 Å². The molecule has 12 heavy (non-hydrogen) atoms. The van der Waals surface area contributed by atoms with E-state index in [1.165, 1.54) is 0 Å². The van der Waals surface area contributed by atoms with Crippen molar-refractivity contribution in [3.8, 4) is 0 Å². The van der Waals surface area contributed by atoms with Crippen LogP contribution in [0.2, 0.25) is 5.02 Å². The predicted octanol–water partition coefficient (Wildman–Crippen LogP) is 2.62. The Morgan fingerprint density at radius 2 is 2.25 bits per heavy atom. The molecule has 1 aromatic rings. The Kier molecular flexibility index (Phi) is 3.06. The quantitative estimate of drug-likeness (QED) is 0.757. The van der Waals surface area contributed by atoms with E-state index in [4.69, 9.17) is 17.3 Å². The van der Waals surface area contributed by atoms with Crippen molar-refractivity contribution in [2.75, 3.05) is 6.67 Å². The maximum Gasteiger partial charge on any atom is 0.109 e. The fourth-order valence-electron chi connectivity index (χ4n) is 1.14. The third kappa shape index (κ3) is 1.96. The summed E-state index contributed by atoms with van der Waals surface area (Å²) >= 11 is 5.73. The summed E-state index contributed by atoms with van der Waals surface area (Å²) < 4.78 is 12.2. The summed E-state index contributed by atoms with van der Waals surface area (Å²) in [6.07, 6.45) is 0. The lowest BCUT2D eigenvalue weighted by Crippen LogP contribution is -2.13. The number of hydrogen-bond acceptors (Lipinski definition) is 1. The molecule has 0 saturated carbocycles. The second-order valence-corrected chi connectivity index (χ2v) is 3.20. The van der Waals surface area contributed by atoms with Crippen molar-refractivity contribution in [3.63, 3.8) is 0 Å². The van der Waals surface area contributed by atoms with Crippen molar-refractivity contribution in [3.05, 3.63) is 34.3 Å². The topological polar surface area (TPSA) is 26.0 Å². The lowest BCUT2D eigenvalue weighted by molar-refractivity contribution is 0.436. The highest BCUT2D eigenvalue weighted by Gasteiger charge is 2.07. The first-order chi connectivity index (χ1) is 5.65. The molecule has 0 spiro atoms. The average Bonchev–Trinajstić information content (AvgIpc) is 2.03. The molecule has 0 heterocycles. The van der Waals surface area contributed by atoms with Gasteiger partial charge >= 0.3 is 0 Å². The van der Waals surface area contributed by atoms with Crippen molar-refractivity contribution in [1.82, 2.24) is 0 Å². The second kappa shape index (κ2) is 3.87. The minimum atomic E-state index is -0.539. The minimum absolute atomic E-state index is 0.526. The molecule has 66 valence electrons. The van der Waals surface area contributed by atoms with Gasteiger partial charge in [-0.25, -0.2) is 4.39 Å². The molecule has 1 aromatic carbocycles. The SMILES string of the molecule is Cc1cc(Cl)ccc1C(N)CF. The van der Waals surface area contributed by atoms with Gasteiger partial charge in [0.1, 0.15) is 6.67 Å². The second-order valence-electron chi connectivity index (χ2n) is 2.76. The van der Waals surface area contributed by atoms with Crippen LogP contribution in [0.4, 0.5) is 4.39 Å². The van der Waals surface area contributed by atoms with Crippen molar-refractivity contribution in [2.45, 2.75) is 13.0 Å². The van der Waals surface area contributed by atoms with Crippen LogP contribution in [0, 0.1) is 6.92 Å². The zero-order valence-electron chi connectivity index (χ0n) is 6.85. The van der Waals surface area contributed by atoms with Gasteiger partial charge in [0.15, 0.2) is 0 Å². The zero-order valence-corrected chi connectivity index (χ0v) is 7.61. The van der Waals surface area contributed by atoms with Crippen molar-refractivity contribution >= 4 is 11.6 Å². The molecule has 0 aliphatic rings. The molecule has 1 rings (SSSR count). The van der Waals surface area contributed by atoms with Gasteiger partial charge in [-0.2, -0.15) is 0 Å². The largest absolute Gasteiger partial charge is 0.322 e. The molecule has 0 bridgehead atoms. The molecule has 0 radical (unpaired) electrons. The number of rotatable bonds is 2. The van der Waals surface area contributed by atoms with Crippen molar-refractivity contribution < 1.29 is 4.39 Å². The van der Waals surface area contributed by atoms with Crippen LogP contribution in [0.1, 0.15) is 17.2 Å². The number of halogens is 2. The zero-order chi connectivity index (χ0) is 9.14. The molecule has 0 aliphatic heterocycles. The average molecular weight is 188 g/mol. The smallest absolute Gasteiger partial charge is 0.109 e. The maximum absolute atomic E-state index is 12.2. The lowest BCUT2D eigenvalue weighted by Gasteiger charge is -2.10. The van der Waals surface area contributed by atoms with Crippen LogP contribution in [0.15, 0.2) is 18.2 Å². The van der Waals surface area contributed by atoms with E-state index >= 15 is 0 Å². The lowest BCUT2D eigenvalue weighted by atomic mass is 10.0. The molecular formula is C9H11ClFN. The van der Waals surface area contributed by atoms with Gasteiger partial charge in [-0.05, 0) is 30.2 Å². The molecule has 2 N–H and O–H groups in total. The number of aryl methyl sites for hydroxylation is 1. The standard InChI is InChI=1S/C9H11ClFN/c1-6-4-7(10)2-3-8(6)9(12)5-11/h2-4,9H,5,12H2,1H3. The summed E-state index contributed by atoms with van der Waals surface area (Å²) in [6.45, 7) is 1.33. The fourth-order valence-corrected chi connectivity index (χ4v) is 1.36. The van der Waals surface area contributed by atoms with Crippen molar-refractivity contribution in [2.24, 2.45) is 5.73 Å². The van der Waals surface area contributed by atoms with E-state index in [-0.39, 0.29) is 0 Å². The Morgan fingerprint density at radius 1 is 1.58 bits per heavy atom. The van der Waals surface area contributed by atoms with Crippen LogP contribution < -0.4 is 5.73 Å². The molecule has 0 saturated heterocycles. The minimum Gasteiger partial charge on any atom is -0.322 e. The normalized spacial score (nSPS) is 13.0. The van der Waals surface area contributed by atoms with Gasteiger partial charge in [-0.1, -0.05) is 17.7 Å². The molecule has 1 atom stereocenters. The number of benzene rings is 1. The van der Waals surface area contributed by atoms with E-state index in [9.17, 15) is 4.39 Å². The van der Waals surface area contributed by atoms with E-state index < -0.39 is 12.7 Å². The first-order valence-corrected chi connectivity index (χ1v) is 4.10. The van der Waals surface area contributed by atoms with Crippen LogP contribution >= 0.6 is 11.6 Å². The Labute approximate surface area is 76.3 Å². The number of hydrogen-bond donors (Lipinski definition) is 1. The van der Waals surface area contributed by atoms with Gasteiger partial charge in [0.25, 0.3) is 0 Å². The van der Waals surface area contributed by atoms with E-state index in [1.54, 1.807) is 18.2 Å². The Bertz CT molecular complexity index is 275. The molecule has 0 aromatic heterocycles. The summed E-state index contributed by atoms with van der Waals surface area (Å²) in [5.41, 5.74) is 7.29. The van der Waals surface area contributed by atoms with Gasteiger partial charge in [0, 0.05) is 5.02 Å². The van der Waals surface area contributed by atoms with E-state index in [0.717, 1.165) is 11.1 Å². The molecule has 0 aliphatic carbocycles. The monoisotopic (exact) mass is 187 g/mol. The van der Waals surface area contributed by atoms with Gasteiger partial charge in [-0.15, -0.1) is 0 Å². The van der Waals surface area contributed by atoms with Crippen LogP contribution in [-0.2, 0) is 0 Å². The molecule has 3 heteroatoms. The van der Waals surface area contributed by atoms with Gasteiger partial charge in [-0.3, -0.25) is 0 Å². The number of alkyl halides is 1. The third-order valence-corrected chi connectivity index (χ3v) is 2.03. The molecule has 0 amide bonds. The van der Waals surface area contributed by atoms with Crippen LogP contribution in [-0.4, -0.2) is 6.67 Å². The highest BCUT2D eigenvalue weighted by Crippen LogP contribution is 2.19. The Hall–Kier alpha value is -0.600. The summed E-state index contributed by atoms with van der Waals surface area (Å²) in [4.78, 5) is 0.